The maximum absolute atomic E-state index is 13.0. The third-order valence-corrected chi connectivity index (χ3v) is 6.52. The molecule has 0 spiro atoms. The fraction of sp³-hybridized carbons (Fsp3) is 0.579. The predicted octanol–water partition coefficient (Wildman–Crippen LogP) is 3.03. The van der Waals surface area contributed by atoms with Gasteiger partial charge in [-0.15, -0.1) is 0 Å². The summed E-state index contributed by atoms with van der Waals surface area (Å²) in [4.78, 5) is 15.5. The van der Waals surface area contributed by atoms with Crippen LogP contribution in [-0.4, -0.2) is 46.3 Å². The molecule has 1 atom stereocenters. The molecular formula is C19H23BrN4O. The second kappa shape index (κ2) is 6.09. The van der Waals surface area contributed by atoms with Crippen molar-refractivity contribution < 1.29 is 4.79 Å². The van der Waals surface area contributed by atoms with Crippen LogP contribution < -0.4 is 5.32 Å². The SMILES string of the molecule is O=C(N[C@@H]1CN2CCC1CC2)c1nn(CC2CC2)c2ccc(Br)cc12. The minimum absolute atomic E-state index is 0.0172. The van der Waals surface area contributed by atoms with E-state index >= 15 is 0 Å². The molecule has 2 aromatic rings. The Morgan fingerprint density at radius 3 is 2.72 bits per heavy atom. The highest BCUT2D eigenvalue weighted by atomic mass is 79.9. The Kier molecular flexibility index (Phi) is 3.86. The smallest absolute Gasteiger partial charge is 0.272 e. The summed E-state index contributed by atoms with van der Waals surface area (Å²) in [5.74, 6) is 1.33. The Balaban J connectivity index is 1.44. The van der Waals surface area contributed by atoms with Gasteiger partial charge < -0.3 is 10.2 Å². The number of nitrogens with zero attached hydrogens (tertiary/aromatic N) is 3. The molecule has 6 heteroatoms. The number of nitrogens with one attached hydrogen (secondary N) is 1. The normalized spacial score (nSPS) is 28.4. The van der Waals surface area contributed by atoms with Crippen LogP contribution in [0.3, 0.4) is 0 Å². The maximum Gasteiger partial charge on any atom is 0.272 e. The molecule has 132 valence electrons. The van der Waals surface area contributed by atoms with E-state index in [-0.39, 0.29) is 11.9 Å². The fourth-order valence-electron chi connectivity index (χ4n) is 4.37. The van der Waals surface area contributed by atoms with Crippen LogP contribution in [0.25, 0.3) is 10.9 Å². The van der Waals surface area contributed by atoms with Crippen molar-refractivity contribution in [2.24, 2.45) is 11.8 Å². The van der Waals surface area contributed by atoms with E-state index in [0.717, 1.165) is 34.4 Å². The summed E-state index contributed by atoms with van der Waals surface area (Å²) < 4.78 is 3.02. The number of carbonyl (C=O) groups is 1. The Bertz CT molecular complexity index is 820. The third kappa shape index (κ3) is 2.99. The second-order valence-corrected chi connectivity index (χ2v) is 8.77. The quantitative estimate of drug-likeness (QED) is 0.854. The van der Waals surface area contributed by atoms with Crippen molar-refractivity contribution in [3.8, 4) is 0 Å². The molecule has 1 aromatic carbocycles. The first-order valence-corrected chi connectivity index (χ1v) is 10.2. The van der Waals surface area contributed by atoms with Gasteiger partial charge in [-0.3, -0.25) is 9.48 Å². The van der Waals surface area contributed by atoms with Gasteiger partial charge in [0.2, 0.25) is 0 Å². The van der Waals surface area contributed by atoms with E-state index in [9.17, 15) is 4.79 Å². The van der Waals surface area contributed by atoms with Gasteiger partial charge in [-0.2, -0.15) is 5.10 Å². The number of amides is 1. The summed E-state index contributed by atoms with van der Waals surface area (Å²) in [5, 5.41) is 8.95. The molecule has 3 aliphatic heterocycles. The zero-order valence-corrected chi connectivity index (χ0v) is 15.8. The summed E-state index contributed by atoms with van der Waals surface area (Å²) in [6.45, 7) is 4.28. The molecule has 25 heavy (non-hydrogen) atoms. The number of hydrogen-bond acceptors (Lipinski definition) is 3. The molecule has 4 aliphatic rings. The number of fused-ring (bicyclic) bond motifs is 4. The molecule has 1 saturated carbocycles. The van der Waals surface area contributed by atoms with Gasteiger partial charge in [0.1, 0.15) is 0 Å². The van der Waals surface area contributed by atoms with Crippen molar-refractivity contribution in [3.63, 3.8) is 0 Å². The topological polar surface area (TPSA) is 50.2 Å². The monoisotopic (exact) mass is 402 g/mol. The highest BCUT2D eigenvalue weighted by molar-refractivity contribution is 9.10. The minimum Gasteiger partial charge on any atom is -0.346 e. The van der Waals surface area contributed by atoms with Crippen molar-refractivity contribution in [3.05, 3.63) is 28.4 Å². The van der Waals surface area contributed by atoms with Crippen molar-refractivity contribution in [2.45, 2.75) is 38.3 Å². The standard InChI is InChI=1S/C19H23BrN4O/c20-14-3-4-17-15(9-14)18(22-24(17)10-12-1-2-12)19(25)21-16-11-23-7-5-13(16)6-8-23/h3-4,9,12-13,16H,1-2,5-8,10-11H2,(H,21,25)/t16-/m1/s1. The zero-order chi connectivity index (χ0) is 17.0. The number of rotatable bonds is 4. The van der Waals surface area contributed by atoms with Gasteiger partial charge in [-0.05, 0) is 68.8 Å². The number of hydrogen-bond donors (Lipinski definition) is 1. The summed E-state index contributed by atoms with van der Waals surface area (Å²) in [6, 6.07) is 6.39. The number of aromatic nitrogens is 2. The van der Waals surface area contributed by atoms with Crippen LogP contribution in [0, 0.1) is 11.8 Å². The summed E-state index contributed by atoms with van der Waals surface area (Å²) in [6.07, 6.45) is 4.96. The van der Waals surface area contributed by atoms with Crippen LogP contribution >= 0.6 is 15.9 Å². The average Bonchev–Trinajstić information content (AvgIpc) is 3.37. The van der Waals surface area contributed by atoms with Crippen LogP contribution in [0.15, 0.2) is 22.7 Å². The Hall–Kier alpha value is -1.40. The van der Waals surface area contributed by atoms with Gasteiger partial charge in [0, 0.05) is 29.0 Å². The number of halogens is 1. The van der Waals surface area contributed by atoms with E-state index in [1.807, 2.05) is 16.8 Å². The van der Waals surface area contributed by atoms with Gasteiger partial charge in [0.25, 0.3) is 5.91 Å². The molecule has 1 amide bonds. The number of carbonyl (C=O) groups excluding carboxylic acids is 1. The number of piperidine rings is 3. The first-order valence-electron chi connectivity index (χ1n) is 9.36. The molecule has 3 saturated heterocycles. The van der Waals surface area contributed by atoms with Crippen LogP contribution in [0.1, 0.15) is 36.2 Å². The Labute approximate surface area is 155 Å². The predicted molar refractivity (Wildman–Crippen MR) is 101 cm³/mol. The van der Waals surface area contributed by atoms with Gasteiger partial charge in [0.15, 0.2) is 5.69 Å². The summed E-state index contributed by atoms with van der Waals surface area (Å²) >= 11 is 3.54. The lowest BCUT2D eigenvalue weighted by Crippen LogP contribution is -2.57. The van der Waals surface area contributed by atoms with Crippen molar-refractivity contribution in [1.29, 1.82) is 0 Å². The number of benzene rings is 1. The Morgan fingerprint density at radius 1 is 1.24 bits per heavy atom. The largest absolute Gasteiger partial charge is 0.346 e. The van der Waals surface area contributed by atoms with Crippen LogP contribution in [0.4, 0.5) is 0 Å². The molecule has 0 unspecified atom stereocenters. The average molecular weight is 403 g/mol. The lowest BCUT2D eigenvalue weighted by atomic mass is 9.84. The lowest BCUT2D eigenvalue weighted by Gasteiger charge is -2.44. The molecule has 2 bridgehead atoms. The van der Waals surface area contributed by atoms with Crippen molar-refractivity contribution in [2.75, 3.05) is 19.6 Å². The molecule has 1 N–H and O–H groups in total. The molecule has 4 heterocycles. The molecule has 1 aliphatic carbocycles. The highest BCUT2D eigenvalue weighted by Gasteiger charge is 2.35. The van der Waals surface area contributed by atoms with Crippen LogP contribution in [0.2, 0.25) is 0 Å². The van der Waals surface area contributed by atoms with Crippen LogP contribution in [0.5, 0.6) is 0 Å². The zero-order valence-electron chi connectivity index (χ0n) is 14.2. The van der Waals surface area contributed by atoms with E-state index in [1.54, 1.807) is 0 Å². The molecule has 0 radical (unpaired) electrons. The summed E-state index contributed by atoms with van der Waals surface area (Å²) in [5.41, 5.74) is 1.64. The molecule has 5 nitrogen and oxygen atoms in total. The Morgan fingerprint density at radius 2 is 2.04 bits per heavy atom. The van der Waals surface area contributed by atoms with Crippen LogP contribution in [-0.2, 0) is 6.54 Å². The van der Waals surface area contributed by atoms with E-state index in [0.29, 0.717) is 11.6 Å². The van der Waals surface area contributed by atoms with Crippen molar-refractivity contribution in [1.82, 2.24) is 20.0 Å². The van der Waals surface area contributed by atoms with E-state index in [2.05, 4.69) is 32.2 Å². The van der Waals surface area contributed by atoms with Gasteiger partial charge >= 0.3 is 0 Å². The van der Waals surface area contributed by atoms with E-state index < -0.39 is 0 Å². The molecular weight excluding hydrogens is 380 g/mol. The third-order valence-electron chi connectivity index (χ3n) is 6.03. The molecule has 1 aromatic heterocycles. The maximum atomic E-state index is 13.0. The van der Waals surface area contributed by atoms with Gasteiger partial charge in [-0.25, -0.2) is 0 Å². The highest BCUT2D eigenvalue weighted by Crippen LogP contribution is 2.33. The molecule has 4 fully saturated rings. The van der Waals surface area contributed by atoms with Crippen molar-refractivity contribution >= 4 is 32.7 Å². The first kappa shape index (κ1) is 15.8. The lowest BCUT2D eigenvalue weighted by molar-refractivity contribution is 0.0618. The second-order valence-electron chi connectivity index (χ2n) is 7.85. The summed E-state index contributed by atoms with van der Waals surface area (Å²) in [7, 11) is 0. The van der Waals surface area contributed by atoms with E-state index in [4.69, 9.17) is 5.10 Å². The van der Waals surface area contributed by atoms with Gasteiger partial charge in [0.05, 0.1) is 5.52 Å². The van der Waals surface area contributed by atoms with Gasteiger partial charge in [-0.1, -0.05) is 15.9 Å². The van der Waals surface area contributed by atoms with E-state index in [1.165, 1.54) is 38.8 Å². The minimum atomic E-state index is -0.0172. The first-order chi connectivity index (χ1) is 12.2. The fourth-order valence-corrected chi connectivity index (χ4v) is 4.73. The molecule has 6 rings (SSSR count).